The van der Waals surface area contributed by atoms with Gasteiger partial charge < -0.3 is 19.7 Å². The molecule has 2 N–H and O–H groups in total. The Morgan fingerprint density at radius 3 is 2.37 bits per heavy atom. The molecule has 1 aromatic carbocycles. The van der Waals surface area contributed by atoms with Crippen molar-refractivity contribution in [2.75, 3.05) is 32.7 Å². The van der Waals surface area contributed by atoms with E-state index in [1.807, 2.05) is 0 Å². The zero-order chi connectivity index (χ0) is 22.1. The van der Waals surface area contributed by atoms with Gasteiger partial charge in [0.25, 0.3) is 5.91 Å². The van der Waals surface area contributed by atoms with Gasteiger partial charge in [-0.15, -0.1) is 0 Å². The second kappa shape index (κ2) is 8.49. The molecule has 2 aromatic rings. The van der Waals surface area contributed by atoms with E-state index < -0.39 is 15.9 Å². The molecule has 9 nitrogen and oxygen atoms in total. The maximum absolute atomic E-state index is 12.8. The monoisotopic (exact) mass is 435 g/mol. The first-order valence-corrected chi connectivity index (χ1v) is 11.0. The SMILES string of the molecule is Cc1ccc(O)c(S(=O)(=O)N2CCN(C(=O)CNC(=O)c3cc(C)oc3C)CC2)c1. The van der Waals surface area contributed by atoms with Gasteiger partial charge in [-0.05, 0) is 44.5 Å². The Labute approximate surface area is 175 Å². The Hall–Kier alpha value is -2.85. The van der Waals surface area contributed by atoms with E-state index in [0.29, 0.717) is 17.1 Å². The second-order valence-electron chi connectivity index (χ2n) is 7.27. The van der Waals surface area contributed by atoms with Crippen molar-refractivity contribution in [3.8, 4) is 5.75 Å². The van der Waals surface area contributed by atoms with Crippen molar-refractivity contribution in [3.05, 3.63) is 46.9 Å². The maximum atomic E-state index is 12.8. The van der Waals surface area contributed by atoms with Crippen molar-refractivity contribution in [1.29, 1.82) is 0 Å². The van der Waals surface area contributed by atoms with E-state index in [0.717, 1.165) is 5.56 Å². The van der Waals surface area contributed by atoms with Crippen LogP contribution < -0.4 is 5.32 Å². The molecule has 0 radical (unpaired) electrons. The average molecular weight is 436 g/mol. The third-order valence-corrected chi connectivity index (χ3v) is 6.94. The number of hydrogen-bond donors (Lipinski definition) is 2. The van der Waals surface area contributed by atoms with Crippen molar-refractivity contribution >= 4 is 21.8 Å². The fourth-order valence-electron chi connectivity index (χ4n) is 3.36. The molecule has 0 spiro atoms. The molecular formula is C20H25N3O6S. The number of nitrogens with zero attached hydrogens (tertiary/aromatic N) is 2. The molecule has 2 amide bonds. The van der Waals surface area contributed by atoms with E-state index in [-0.39, 0.29) is 49.3 Å². The van der Waals surface area contributed by atoms with E-state index in [2.05, 4.69) is 5.32 Å². The molecule has 2 heterocycles. The topological polar surface area (TPSA) is 120 Å². The molecule has 3 rings (SSSR count). The first-order valence-electron chi connectivity index (χ1n) is 9.52. The molecule has 0 saturated carbocycles. The van der Waals surface area contributed by atoms with Crippen LogP contribution in [0.1, 0.15) is 27.4 Å². The predicted octanol–water partition coefficient (Wildman–Crippen LogP) is 1.17. The van der Waals surface area contributed by atoms with Gasteiger partial charge in [0.1, 0.15) is 22.2 Å². The van der Waals surface area contributed by atoms with Crippen molar-refractivity contribution in [3.63, 3.8) is 0 Å². The number of nitrogens with one attached hydrogen (secondary N) is 1. The largest absolute Gasteiger partial charge is 0.507 e. The van der Waals surface area contributed by atoms with Crippen LogP contribution in [0, 0.1) is 20.8 Å². The Morgan fingerprint density at radius 1 is 1.10 bits per heavy atom. The highest BCUT2D eigenvalue weighted by molar-refractivity contribution is 7.89. The lowest BCUT2D eigenvalue weighted by molar-refractivity contribution is -0.131. The summed E-state index contributed by atoms with van der Waals surface area (Å²) in [4.78, 5) is 26.0. The number of amides is 2. The van der Waals surface area contributed by atoms with E-state index in [9.17, 15) is 23.1 Å². The van der Waals surface area contributed by atoms with E-state index in [1.54, 1.807) is 32.9 Å². The molecule has 162 valence electrons. The van der Waals surface area contributed by atoms with Crippen LogP contribution in [0.5, 0.6) is 5.75 Å². The standard InChI is InChI=1S/C20H25N3O6S/c1-13-4-5-17(24)18(10-13)30(27,28)23-8-6-22(7-9-23)19(25)12-21-20(26)16-11-14(2)29-15(16)3/h4-5,10-11,24H,6-9,12H2,1-3H3,(H,21,26). The number of hydrogen-bond acceptors (Lipinski definition) is 6. The summed E-state index contributed by atoms with van der Waals surface area (Å²) in [6, 6.07) is 6.02. The first-order chi connectivity index (χ1) is 14.1. The molecule has 10 heteroatoms. The van der Waals surface area contributed by atoms with Gasteiger partial charge in [-0.1, -0.05) is 6.07 Å². The minimum absolute atomic E-state index is 0.107. The number of aryl methyl sites for hydroxylation is 3. The molecule has 1 aliphatic rings. The molecule has 1 saturated heterocycles. The predicted molar refractivity (Wildman–Crippen MR) is 109 cm³/mol. The zero-order valence-electron chi connectivity index (χ0n) is 17.1. The summed E-state index contributed by atoms with van der Waals surface area (Å²) in [5.41, 5.74) is 1.10. The number of benzene rings is 1. The van der Waals surface area contributed by atoms with Crippen LogP contribution in [-0.2, 0) is 14.8 Å². The molecule has 1 fully saturated rings. The summed E-state index contributed by atoms with van der Waals surface area (Å²) in [6.45, 7) is 5.58. The third kappa shape index (κ3) is 4.49. The lowest BCUT2D eigenvalue weighted by Gasteiger charge is -2.34. The van der Waals surface area contributed by atoms with Crippen molar-refractivity contribution in [1.82, 2.24) is 14.5 Å². The minimum atomic E-state index is -3.86. The number of phenolic OH excluding ortho intramolecular Hbond substituents is 1. The van der Waals surface area contributed by atoms with Gasteiger partial charge in [-0.2, -0.15) is 4.31 Å². The first kappa shape index (κ1) is 21.8. The van der Waals surface area contributed by atoms with Gasteiger partial charge in [0.05, 0.1) is 12.1 Å². The van der Waals surface area contributed by atoms with Crippen LogP contribution in [0.4, 0.5) is 0 Å². The normalized spacial score (nSPS) is 15.2. The fraction of sp³-hybridized carbons (Fsp3) is 0.400. The highest BCUT2D eigenvalue weighted by atomic mass is 32.2. The fourth-order valence-corrected chi connectivity index (χ4v) is 4.95. The summed E-state index contributed by atoms with van der Waals surface area (Å²) < 4.78 is 32.2. The zero-order valence-corrected chi connectivity index (χ0v) is 18.0. The molecule has 1 aromatic heterocycles. The Kier molecular flexibility index (Phi) is 6.18. The van der Waals surface area contributed by atoms with Crippen LogP contribution in [0.25, 0.3) is 0 Å². The molecule has 0 unspecified atom stereocenters. The molecular weight excluding hydrogens is 410 g/mol. The lowest BCUT2D eigenvalue weighted by atomic mass is 10.2. The summed E-state index contributed by atoms with van der Waals surface area (Å²) in [5, 5.41) is 12.5. The van der Waals surface area contributed by atoms with E-state index in [1.165, 1.54) is 21.3 Å². The summed E-state index contributed by atoms with van der Waals surface area (Å²) in [7, 11) is -3.86. The van der Waals surface area contributed by atoms with Gasteiger partial charge >= 0.3 is 0 Å². The van der Waals surface area contributed by atoms with Crippen LogP contribution in [0.15, 0.2) is 33.6 Å². The lowest BCUT2D eigenvalue weighted by Crippen LogP contribution is -2.52. The number of rotatable bonds is 5. The van der Waals surface area contributed by atoms with Gasteiger partial charge in [0, 0.05) is 26.2 Å². The molecule has 0 aliphatic carbocycles. The molecule has 1 aliphatic heterocycles. The Morgan fingerprint density at radius 2 is 1.77 bits per heavy atom. The minimum Gasteiger partial charge on any atom is -0.507 e. The molecule has 0 atom stereocenters. The number of aromatic hydroxyl groups is 1. The van der Waals surface area contributed by atoms with Gasteiger partial charge in [-0.25, -0.2) is 8.42 Å². The van der Waals surface area contributed by atoms with Gasteiger partial charge in [0.15, 0.2) is 0 Å². The highest BCUT2D eigenvalue weighted by Crippen LogP contribution is 2.27. The van der Waals surface area contributed by atoms with Crippen LogP contribution in [-0.4, -0.2) is 67.3 Å². The number of carbonyl (C=O) groups excluding carboxylic acids is 2. The quantitative estimate of drug-likeness (QED) is 0.728. The molecule has 30 heavy (non-hydrogen) atoms. The summed E-state index contributed by atoms with van der Waals surface area (Å²) >= 11 is 0. The third-order valence-electron chi connectivity index (χ3n) is 5.01. The maximum Gasteiger partial charge on any atom is 0.255 e. The molecule has 0 bridgehead atoms. The van der Waals surface area contributed by atoms with Crippen LogP contribution >= 0.6 is 0 Å². The summed E-state index contributed by atoms with van der Waals surface area (Å²) in [6.07, 6.45) is 0. The van der Waals surface area contributed by atoms with Crippen molar-refractivity contribution in [2.24, 2.45) is 0 Å². The van der Waals surface area contributed by atoms with Crippen LogP contribution in [0.2, 0.25) is 0 Å². The average Bonchev–Trinajstić information content (AvgIpc) is 3.05. The van der Waals surface area contributed by atoms with E-state index in [4.69, 9.17) is 4.42 Å². The van der Waals surface area contributed by atoms with E-state index >= 15 is 0 Å². The van der Waals surface area contributed by atoms with Gasteiger partial charge in [0.2, 0.25) is 15.9 Å². The van der Waals surface area contributed by atoms with Crippen molar-refractivity contribution < 1.29 is 27.5 Å². The van der Waals surface area contributed by atoms with Crippen molar-refractivity contribution in [2.45, 2.75) is 25.7 Å². The number of piperazine rings is 1. The number of carbonyl (C=O) groups is 2. The smallest absolute Gasteiger partial charge is 0.255 e. The number of furan rings is 1. The van der Waals surface area contributed by atoms with Gasteiger partial charge in [-0.3, -0.25) is 9.59 Å². The highest BCUT2D eigenvalue weighted by Gasteiger charge is 2.32. The van der Waals surface area contributed by atoms with Crippen LogP contribution in [0.3, 0.4) is 0 Å². The Balaban J connectivity index is 1.57. The summed E-state index contributed by atoms with van der Waals surface area (Å²) in [5.74, 6) is 0.105. The second-order valence-corrected chi connectivity index (χ2v) is 9.17. The Bertz CT molecular complexity index is 1070. The number of phenols is 1. The number of sulfonamides is 1.